The van der Waals surface area contributed by atoms with E-state index in [2.05, 4.69) is 40.9 Å². The second-order valence-corrected chi connectivity index (χ2v) is 4.11. The molecule has 0 saturated heterocycles. The number of aromatic amines is 1. The Morgan fingerprint density at radius 1 is 1.19 bits per heavy atom. The lowest BCUT2D eigenvalue weighted by Gasteiger charge is -1.99. The number of nitrogen functional groups attached to an aromatic ring is 1. The van der Waals surface area contributed by atoms with Crippen LogP contribution in [0.15, 0.2) is 18.5 Å². The average Bonchev–Trinajstić information content (AvgIpc) is 2.58. The molecule has 0 aliphatic rings. The first kappa shape index (κ1) is 9.15. The van der Waals surface area contributed by atoms with Gasteiger partial charge in [-0.3, -0.25) is 0 Å². The standard InChI is InChI=1S/C12H12N4/c1-6-3-7(2)10-8(4-6)9-11(13)14-5-15-12(9)16-10/h3-5H,1-2H3,(H3,13,14,15,16). The van der Waals surface area contributed by atoms with Crippen LogP contribution in [0, 0.1) is 13.8 Å². The van der Waals surface area contributed by atoms with Crippen LogP contribution in [0.25, 0.3) is 21.9 Å². The number of nitrogens with two attached hydrogens (primary N) is 1. The number of hydrogen-bond donors (Lipinski definition) is 2. The minimum atomic E-state index is 0.529. The first-order valence-corrected chi connectivity index (χ1v) is 5.16. The van der Waals surface area contributed by atoms with Gasteiger partial charge in [0, 0.05) is 5.39 Å². The summed E-state index contributed by atoms with van der Waals surface area (Å²) in [5, 5.41) is 2.02. The van der Waals surface area contributed by atoms with Crippen LogP contribution >= 0.6 is 0 Å². The van der Waals surface area contributed by atoms with Crippen molar-refractivity contribution in [2.75, 3.05) is 5.73 Å². The van der Waals surface area contributed by atoms with Crippen molar-refractivity contribution < 1.29 is 0 Å². The molecule has 3 rings (SSSR count). The van der Waals surface area contributed by atoms with Crippen molar-refractivity contribution in [2.24, 2.45) is 0 Å². The Labute approximate surface area is 92.5 Å². The molecule has 0 spiro atoms. The number of hydrogen-bond acceptors (Lipinski definition) is 3. The summed E-state index contributed by atoms with van der Waals surface area (Å²) in [7, 11) is 0. The van der Waals surface area contributed by atoms with Gasteiger partial charge in [0.15, 0.2) is 0 Å². The number of aryl methyl sites for hydroxylation is 2. The van der Waals surface area contributed by atoms with Gasteiger partial charge in [-0.25, -0.2) is 9.97 Å². The van der Waals surface area contributed by atoms with Gasteiger partial charge in [0.1, 0.15) is 17.8 Å². The number of benzene rings is 1. The third-order valence-electron chi connectivity index (χ3n) is 2.87. The van der Waals surface area contributed by atoms with Gasteiger partial charge in [-0.15, -0.1) is 0 Å². The Balaban J connectivity index is 2.63. The van der Waals surface area contributed by atoms with E-state index in [0.717, 1.165) is 21.9 Å². The molecule has 0 aliphatic heterocycles. The Kier molecular flexibility index (Phi) is 1.68. The molecule has 0 unspecified atom stereocenters. The summed E-state index contributed by atoms with van der Waals surface area (Å²) in [4.78, 5) is 11.5. The molecule has 0 atom stereocenters. The summed E-state index contributed by atoms with van der Waals surface area (Å²) in [6, 6.07) is 4.25. The number of H-pyrrole nitrogens is 1. The second-order valence-electron chi connectivity index (χ2n) is 4.11. The summed E-state index contributed by atoms with van der Waals surface area (Å²) in [6.07, 6.45) is 1.48. The summed E-state index contributed by atoms with van der Waals surface area (Å²) in [5.74, 6) is 0.529. The monoisotopic (exact) mass is 212 g/mol. The van der Waals surface area contributed by atoms with E-state index in [-0.39, 0.29) is 0 Å². The number of nitrogens with one attached hydrogen (secondary N) is 1. The third-order valence-corrected chi connectivity index (χ3v) is 2.87. The largest absolute Gasteiger partial charge is 0.383 e. The third kappa shape index (κ3) is 1.10. The highest BCUT2D eigenvalue weighted by atomic mass is 15.0. The highest BCUT2D eigenvalue weighted by Gasteiger charge is 2.10. The van der Waals surface area contributed by atoms with Crippen LogP contribution in [0.5, 0.6) is 0 Å². The second kappa shape index (κ2) is 2.95. The molecular weight excluding hydrogens is 200 g/mol. The zero-order chi connectivity index (χ0) is 11.3. The predicted octanol–water partition coefficient (Wildman–Crippen LogP) is 2.31. The lowest BCUT2D eigenvalue weighted by Crippen LogP contribution is -1.91. The molecule has 0 fully saturated rings. The van der Waals surface area contributed by atoms with Crippen LogP contribution in [0.4, 0.5) is 5.82 Å². The van der Waals surface area contributed by atoms with Crippen molar-refractivity contribution >= 4 is 27.8 Å². The van der Waals surface area contributed by atoms with E-state index in [9.17, 15) is 0 Å². The molecule has 0 radical (unpaired) electrons. The maximum atomic E-state index is 5.90. The van der Waals surface area contributed by atoms with E-state index >= 15 is 0 Å². The first-order valence-electron chi connectivity index (χ1n) is 5.16. The van der Waals surface area contributed by atoms with Crippen LogP contribution in [-0.4, -0.2) is 15.0 Å². The van der Waals surface area contributed by atoms with Crippen LogP contribution in [0.2, 0.25) is 0 Å². The summed E-state index contributed by atoms with van der Waals surface area (Å²) in [5.41, 5.74) is 10.2. The fourth-order valence-corrected chi connectivity index (χ4v) is 2.21. The zero-order valence-electron chi connectivity index (χ0n) is 9.20. The van der Waals surface area contributed by atoms with Gasteiger partial charge < -0.3 is 10.7 Å². The summed E-state index contributed by atoms with van der Waals surface area (Å²) < 4.78 is 0. The molecule has 0 amide bonds. The maximum absolute atomic E-state index is 5.90. The molecule has 16 heavy (non-hydrogen) atoms. The molecule has 80 valence electrons. The molecule has 4 heteroatoms. The Bertz CT molecular complexity index is 697. The molecule has 2 aromatic heterocycles. The average molecular weight is 212 g/mol. The number of rotatable bonds is 0. The molecule has 3 N–H and O–H groups in total. The van der Waals surface area contributed by atoms with Crippen LogP contribution in [-0.2, 0) is 0 Å². The molecule has 0 saturated carbocycles. The number of aromatic nitrogens is 3. The van der Waals surface area contributed by atoms with E-state index in [1.54, 1.807) is 0 Å². The van der Waals surface area contributed by atoms with Crippen molar-refractivity contribution in [1.82, 2.24) is 15.0 Å². The predicted molar refractivity (Wildman–Crippen MR) is 65.3 cm³/mol. The first-order chi connectivity index (χ1) is 7.66. The Morgan fingerprint density at radius 2 is 2.00 bits per heavy atom. The highest BCUT2D eigenvalue weighted by Crippen LogP contribution is 2.29. The van der Waals surface area contributed by atoms with E-state index < -0.39 is 0 Å². The normalized spacial score (nSPS) is 11.4. The molecule has 0 bridgehead atoms. The highest BCUT2D eigenvalue weighted by molar-refractivity contribution is 6.11. The van der Waals surface area contributed by atoms with Crippen molar-refractivity contribution in [3.8, 4) is 0 Å². The van der Waals surface area contributed by atoms with Crippen molar-refractivity contribution in [2.45, 2.75) is 13.8 Å². The number of fused-ring (bicyclic) bond motifs is 3. The minimum Gasteiger partial charge on any atom is -0.383 e. The van der Waals surface area contributed by atoms with Crippen molar-refractivity contribution in [3.05, 3.63) is 29.6 Å². The smallest absolute Gasteiger partial charge is 0.143 e. The van der Waals surface area contributed by atoms with Gasteiger partial charge in [0.2, 0.25) is 0 Å². The Hall–Kier alpha value is -2.10. The van der Waals surface area contributed by atoms with Gasteiger partial charge in [-0.1, -0.05) is 11.6 Å². The lowest BCUT2D eigenvalue weighted by molar-refractivity contribution is 1.21. The lowest BCUT2D eigenvalue weighted by atomic mass is 10.1. The van der Waals surface area contributed by atoms with Crippen LogP contribution < -0.4 is 5.73 Å². The summed E-state index contributed by atoms with van der Waals surface area (Å²) >= 11 is 0. The summed E-state index contributed by atoms with van der Waals surface area (Å²) in [6.45, 7) is 4.15. The van der Waals surface area contributed by atoms with E-state index in [1.165, 1.54) is 17.5 Å². The van der Waals surface area contributed by atoms with Gasteiger partial charge in [-0.05, 0) is 25.5 Å². The number of nitrogens with zero attached hydrogens (tertiary/aromatic N) is 2. The van der Waals surface area contributed by atoms with Crippen LogP contribution in [0.3, 0.4) is 0 Å². The van der Waals surface area contributed by atoms with E-state index in [1.807, 2.05) is 0 Å². The molecule has 0 aliphatic carbocycles. The Morgan fingerprint density at radius 3 is 2.81 bits per heavy atom. The fraction of sp³-hybridized carbons (Fsp3) is 0.167. The van der Waals surface area contributed by atoms with Gasteiger partial charge in [0.05, 0.1) is 10.9 Å². The van der Waals surface area contributed by atoms with Crippen LogP contribution in [0.1, 0.15) is 11.1 Å². The molecule has 3 aromatic rings. The molecule has 2 heterocycles. The molecule has 4 nitrogen and oxygen atoms in total. The number of anilines is 1. The SMILES string of the molecule is Cc1cc(C)c2[nH]c3ncnc(N)c3c2c1. The quantitative estimate of drug-likeness (QED) is 0.600. The van der Waals surface area contributed by atoms with Crippen molar-refractivity contribution in [1.29, 1.82) is 0 Å². The van der Waals surface area contributed by atoms with E-state index in [4.69, 9.17) is 5.73 Å². The van der Waals surface area contributed by atoms with Gasteiger partial charge >= 0.3 is 0 Å². The van der Waals surface area contributed by atoms with Crippen molar-refractivity contribution in [3.63, 3.8) is 0 Å². The van der Waals surface area contributed by atoms with Gasteiger partial charge in [0.25, 0.3) is 0 Å². The van der Waals surface area contributed by atoms with Gasteiger partial charge in [-0.2, -0.15) is 0 Å². The maximum Gasteiger partial charge on any atom is 0.143 e. The van der Waals surface area contributed by atoms with E-state index in [0.29, 0.717) is 5.82 Å². The topological polar surface area (TPSA) is 67.6 Å². The zero-order valence-corrected chi connectivity index (χ0v) is 9.20. The minimum absolute atomic E-state index is 0.529. The molecule has 1 aromatic carbocycles. The fourth-order valence-electron chi connectivity index (χ4n) is 2.21. The molecular formula is C12H12N4.